The molecule has 0 unspecified atom stereocenters. The summed E-state index contributed by atoms with van der Waals surface area (Å²) in [6.45, 7) is 1.80. The van der Waals surface area contributed by atoms with E-state index in [1.54, 1.807) is 6.92 Å². The van der Waals surface area contributed by atoms with Gasteiger partial charge in [-0.2, -0.15) is 13.2 Å². The summed E-state index contributed by atoms with van der Waals surface area (Å²) in [6, 6.07) is 9.07. The van der Waals surface area contributed by atoms with Crippen LogP contribution in [0.2, 0.25) is 0 Å². The number of hydrogen-bond acceptors (Lipinski definition) is 3. The van der Waals surface area contributed by atoms with Crippen LogP contribution in [0.25, 0.3) is 0 Å². The maximum absolute atomic E-state index is 12.3. The van der Waals surface area contributed by atoms with Crippen molar-refractivity contribution in [1.82, 2.24) is 4.90 Å². The van der Waals surface area contributed by atoms with Crippen molar-refractivity contribution >= 4 is 5.97 Å². The molecular formula is C14H18F3NO2. The van der Waals surface area contributed by atoms with Gasteiger partial charge in [0.05, 0.1) is 19.6 Å². The van der Waals surface area contributed by atoms with Gasteiger partial charge >= 0.3 is 12.1 Å². The van der Waals surface area contributed by atoms with E-state index in [4.69, 9.17) is 4.74 Å². The van der Waals surface area contributed by atoms with Gasteiger partial charge in [-0.3, -0.25) is 9.69 Å². The Labute approximate surface area is 116 Å². The zero-order valence-electron chi connectivity index (χ0n) is 11.3. The molecule has 0 aliphatic carbocycles. The van der Waals surface area contributed by atoms with Crippen LogP contribution in [0, 0.1) is 0 Å². The third-order valence-electron chi connectivity index (χ3n) is 2.62. The lowest BCUT2D eigenvalue weighted by atomic mass is 10.2. The smallest absolute Gasteiger partial charge is 0.390 e. The van der Waals surface area contributed by atoms with Gasteiger partial charge in [0.25, 0.3) is 0 Å². The summed E-state index contributed by atoms with van der Waals surface area (Å²) in [5.41, 5.74) is 0.860. The predicted molar refractivity (Wildman–Crippen MR) is 69.0 cm³/mol. The molecule has 0 fully saturated rings. The van der Waals surface area contributed by atoms with E-state index in [1.165, 1.54) is 4.90 Å². The van der Waals surface area contributed by atoms with E-state index >= 15 is 0 Å². The molecule has 3 nitrogen and oxygen atoms in total. The SMILES string of the molecule is CCOC(=O)CN(CCC(F)(F)F)Cc1ccccc1. The zero-order valence-corrected chi connectivity index (χ0v) is 11.3. The molecule has 0 amide bonds. The van der Waals surface area contributed by atoms with Crippen LogP contribution in [0.1, 0.15) is 18.9 Å². The molecule has 0 aromatic heterocycles. The van der Waals surface area contributed by atoms with Crippen LogP contribution in [-0.2, 0) is 16.1 Å². The molecule has 1 aromatic carbocycles. The minimum absolute atomic E-state index is 0.140. The monoisotopic (exact) mass is 289 g/mol. The van der Waals surface area contributed by atoms with Crippen LogP contribution in [0.5, 0.6) is 0 Å². The highest BCUT2D eigenvalue weighted by molar-refractivity contribution is 5.71. The summed E-state index contributed by atoms with van der Waals surface area (Å²) in [7, 11) is 0. The fraction of sp³-hybridized carbons (Fsp3) is 0.500. The third-order valence-corrected chi connectivity index (χ3v) is 2.62. The van der Waals surface area contributed by atoms with E-state index in [-0.39, 0.29) is 26.2 Å². The van der Waals surface area contributed by atoms with Gasteiger partial charge in [0, 0.05) is 13.1 Å². The second kappa shape index (κ2) is 7.89. The molecule has 1 rings (SSSR count). The van der Waals surface area contributed by atoms with Gasteiger partial charge in [-0.1, -0.05) is 30.3 Å². The van der Waals surface area contributed by atoms with Crippen LogP contribution in [0.4, 0.5) is 13.2 Å². The highest BCUT2D eigenvalue weighted by atomic mass is 19.4. The minimum atomic E-state index is -4.23. The van der Waals surface area contributed by atoms with E-state index in [2.05, 4.69) is 0 Å². The number of carbonyl (C=O) groups is 1. The highest BCUT2D eigenvalue weighted by Crippen LogP contribution is 2.20. The molecule has 6 heteroatoms. The molecular weight excluding hydrogens is 271 g/mol. The molecule has 0 N–H and O–H groups in total. The predicted octanol–water partition coefficient (Wildman–Crippen LogP) is 3.00. The number of alkyl halides is 3. The van der Waals surface area contributed by atoms with Crippen LogP contribution >= 0.6 is 0 Å². The van der Waals surface area contributed by atoms with Crippen molar-refractivity contribution in [2.24, 2.45) is 0 Å². The molecule has 0 bridgehead atoms. The number of nitrogens with zero attached hydrogens (tertiary/aromatic N) is 1. The lowest BCUT2D eigenvalue weighted by Crippen LogP contribution is -2.33. The molecule has 112 valence electrons. The zero-order chi connectivity index (χ0) is 15.0. The second-order valence-corrected chi connectivity index (χ2v) is 4.37. The molecule has 0 saturated carbocycles. The van der Waals surface area contributed by atoms with Crippen LogP contribution < -0.4 is 0 Å². The van der Waals surface area contributed by atoms with E-state index < -0.39 is 18.6 Å². The molecule has 20 heavy (non-hydrogen) atoms. The van der Waals surface area contributed by atoms with Crippen molar-refractivity contribution in [1.29, 1.82) is 0 Å². The van der Waals surface area contributed by atoms with Crippen molar-refractivity contribution < 1.29 is 22.7 Å². The van der Waals surface area contributed by atoms with Gasteiger partial charge in [-0.25, -0.2) is 0 Å². The fourth-order valence-electron chi connectivity index (χ4n) is 1.73. The van der Waals surface area contributed by atoms with E-state index in [9.17, 15) is 18.0 Å². The first-order valence-electron chi connectivity index (χ1n) is 6.39. The first-order chi connectivity index (χ1) is 9.40. The number of hydrogen-bond donors (Lipinski definition) is 0. The number of ether oxygens (including phenoxy) is 1. The molecule has 0 aliphatic heterocycles. The normalized spacial score (nSPS) is 11.7. The van der Waals surface area contributed by atoms with Gasteiger partial charge in [-0.15, -0.1) is 0 Å². The number of benzene rings is 1. The van der Waals surface area contributed by atoms with Gasteiger partial charge in [0.1, 0.15) is 0 Å². The van der Waals surface area contributed by atoms with Crippen molar-refractivity contribution in [3.63, 3.8) is 0 Å². The Hall–Kier alpha value is -1.56. The van der Waals surface area contributed by atoms with Crippen molar-refractivity contribution in [2.45, 2.75) is 26.1 Å². The largest absolute Gasteiger partial charge is 0.465 e. The number of halogens is 3. The number of esters is 1. The molecule has 0 heterocycles. The maximum atomic E-state index is 12.3. The quantitative estimate of drug-likeness (QED) is 0.723. The van der Waals surface area contributed by atoms with Crippen molar-refractivity contribution in [3.05, 3.63) is 35.9 Å². The first-order valence-corrected chi connectivity index (χ1v) is 6.39. The molecule has 1 aromatic rings. The van der Waals surface area contributed by atoms with Crippen molar-refractivity contribution in [2.75, 3.05) is 19.7 Å². The fourth-order valence-corrected chi connectivity index (χ4v) is 1.73. The molecule has 0 radical (unpaired) electrons. The Bertz CT molecular complexity index is 407. The number of rotatable bonds is 7. The Morgan fingerprint density at radius 3 is 2.45 bits per heavy atom. The molecule has 0 spiro atoms. The first kappa shape index (κ1) is 16.5. The Morgan fingerprint density at radius 2 is 1.90 bits per heavy atom. The summed E-state index contributed by atoms with van der Waals surface area (Å²) in [6.07, 6.45) is -5.18. The highest BCUT2D eigenvalue weighted by Gasteiger charge is 2.28. The second-order valence-electron chi connectivity index (χ2n) is 4.37. The average Bonchev–Trinajstić information content (AvgIpc) is 2.36. The lowest BCUT2D eigenvalue weighted by Gasteiger charge is -2.22. The Balaban J connectivity index is 2.61. The lowest BCUT2D eigenvalue weighted by molar-refractivity contribution is -0.149. The summed E-state index contributed by atoms with van der Waals surface area (Å²) in [4.78, 5) is 12.9. The average molecular weight is 289 g/mol. The van der Waals surface area contributed by atoms with E-state index in [0.717, 1.165) is 5.56 Å². The Kier molecular flexibility index (Phi) is 6.51. The van der Waals surface area contributed by atoms with E-state index in [1.807, 2.05) is 30.3 Å². The van der Waals surface area contributed by atoms with Gasteiger partial charge in [0.2, 0.25) is 0 Å². The third kappa shape index (κ3) is 7.13. The van der Waals surface area contributed by atoms with Crippen LogP contribution in [0.3, 0.4) is 0 Å². The summed E-state index contributed by atoms with van der Waals surface area (Å²) >= 11 is 0. The van der Waals surface area contributed by atoms with Gasteiger partial charge in [-0.05, 0) is 12.5 Å². The molecule has 0 saturated heterocycles. The van der Waals surface area contributed by atoms with Gasteiger partial charge in [0.15, 0.2) is 0 Å². The Morgan fingerprint density at radius 1 is 1.25 bits per heavy atom. The molecule has 0 atom stereocenters. The van der Waals surface area contributed by atoms with E-state index in [0.29, 0.717) is 0 Å². The van der Waals surface area contributed by atoms with Crippen LogP contribution in [-0.4, -0.2) is 36.7 Å². The summed E-state index contributed by atoms with van der Waals surface area (Å²) in [5, 5.41) is 0. The van der Waals surface area contributed by atoms with Crippen molar-refractivity contribution in [3.8, 4) is 0 Å². The topological polar surface area (TPSA) is 29.5 Å². The van der Waals surface area contributed by atoms with Gasteiger partial charge < -0.3 is 4.74 Å². The number of carbonyl (C=O) groups excluding carboxylic acids is 1. The summed E-state index contributed by atoms with van der Waals surface area (Å²) in [5.74, 6) is -0.509. The minimum Gasteiger partial charge on any atom is -0.465 e. The molecule has 0 aliphatic rings. The standard InChI is InChI=1S/C14H18F3NO2/c1-2-20-13(19)11-18(9-8-14(15,16)17)10-12-6-4-3-5-7-12/h3-7H,2,8-11H2,1H3. The van der Waals surface area contributed by atoms with Crippen LogP contribution in [0.15, 0.2) is 30.3 Å². The summed E-state index contributed by atoms with van der Waals surface area (Å²) < 4.78 is 41.7. The maximum Gasteiger partial charge on any atom is 0.390 e.